The van der Waals surface area contributed by atoms with Crippen molar-refractivity contribution in [1.29, 1.82) is 5.26 Å². The van der Waals surface area contributed by atoms with Gasteiger partial charge in [0, 0.05) is 31.8 Å². The molecule has 0 unspecified atom stereocenters. The second-order valence-corrected chi connectivity index (χ2v) is 4.92. The monoisotopic (exact) mass is 310 g/mol. The molecule has 0 aliphatic carbocycles. The minimum Gasteiger partial charge on any atom is -0.469 e. The first-order chi connectivity index (χ1) is 10.1. The fourth-order valence-corrected chi connectivity index (χ4v) is 2.07. The summed E-state index contributed by atoms with van der Waals surface area (Å²) in [5.41, 5.74) is 1.44. The van der Waals surface area contributed by atoms with Gasteiger partial charge in [0.15, 0.2) is 0 Å². The van der Waals surface area contributed by atoms with E-state index in [0.29, 0.717) is 43.2 Å². The minimum atomic E-state index is -0.247. The van der Waals surface area contributed by atoms with Crippen LogP contribution in [-0.2, 0) is 20.8 Å². The predicted molar refractivity (Wildman–Crippen MR) is 80.0 cm³/mol. The van der Waals surface area contributed by atoms with Crippen LogP contribution >= 0.6 is 11.6 Å². The van der Waals surface area contributed by atoms with E-state index in [1.54, 1.807) is 19.2 Å². The van der Waals surface area contributed by atoms with Gasteiger partial charge in [0.25, 0.3) is 0 Å². The molecule has 0 bridgehead atoms. The number of carbonyl (C=O) groups excluding carboxylic acids is 1. The van der Waals surface area contributed by atoms with Crippen LogP contribution in [0.1, 0.15) is 17.5 Å². The van der Waals surface area contributed by atoms with Gasteiger partial charge in [-0.05, 0) is 17.7 Å². The van der Waals surface area contributed by atoms with E-state index in [1.165, 1.54) is 7.11 Å². The molecule has 6 heteroatoms. The number of halogens is 1. The average molecular weight is 311 g/mol. The van der Waals surface area contributed by atoms with E-state index >= 15 is 0 Å². The summed E-state index contributed by atoms with van der Waals surface area (Å²) in [4.78, 5) is 13.3. The summed E-state index contributed by atoms with van der Waals surface area (Å²) in [6.45, 7) is 2.40. The summed E-state index contributed by atoms with van der Waals surface area (Å²) < 4.78 is 9.73. The third-order valence-corrected chi connectivity index (χ3v) is 3.40. The topological polar surface area (TPSA) is 62.6 Å². The largest absolute Gasteiger partial charge is 0.469 e. The van der Waals surface area contributed by atoms with E-state index in [1.807, 2.05) is 6.07 Å². The standard InChI is InChI=1S/C15H19ClN2O3/c1-20-8-7-18(6-5-15(19)21-2)11-13-4-3-12(10-17)9-14(13)16/h3-4,9H,5-8,11H2,1-2H3. The average Bonchev–Trinajstić information content (AvgIpc) is 2.50. The zero-order valence-corrected chi connectivity index (χ0v) is 13.0. The second kappa shape index (κ2) is 9.35. The second-order valence-electron chi connectivity index (χ2n) is 4.51. The highest BCUT2D eigenvalue weighted by Gasteiger charge is 2.11. The van der Waals surface area contributed by atoms with E-state index in [2.05, 4.69) is 15.7 Å². The maximum absolute atomic E-state index is 11.3. The van der Waals surface area contributed by atoms with Gasteiger partial charge in [-0.2, -0.15) is 5.26 Å². The van der Waals surface area contributed by atoms with Crippen molar-refractivity contribution < 1.29 is 14.3 Å². The summed E-state index contributed by atoms with van der Waals surface area (Å²) in [7, 11) is 3.01. The fourth-order valence-electron chi connectivity index (χ4n) is 1.83. The molecule has 0 amide bonds. The number of benzene rings is 1. The highest BCUT2D eigenvalue weighted by molar-refractivity contribution is 6.31. The Labute approximate surface area is 130 Å². The van der Waals surface area contributed by atoms with Crippen LogP contribution < -0.4 is 0 Å². The maximum Gasteiger partial charge on any atom is 0.306 e. The molecular weight excluding hydrogens is 292 g/mol. The molecule has 114 valence electrons. The van der Waals surface area contributed by atoms with Gasteiger partial charge in [-0.3, -0.25) is 9.69 Å². The molecule has 0 aliphatic rings. The molecule has 0 saturated heterocycles. The molecule has 0 saturated carbocycles. The Morgan fingerprint density at radius 1 is 1.38 bits per heavy atom. The number of esters is 1. The zero-order valence-electron chi connectivity index (χ0n) is 12.3. The SMILES string of the molecule is COCCN(CCC(=O)OC)Cc1ccc(C#N)cc1Cl. The lowest BCUT2D eigenvalue weighted by molar-refractivity contribution is -0.141. The Kier molecular flexibility index (Phi) is 7.76. The summed E-state index contributed by atoms with van der Waals surface area (Å²) in [6.07, 6.45) is 0.314. The van der Waals surface area contributed by atoms with Crippen LogP contribution in [0.15, 0.2) is 18.2 Å². The van der Waals surface area contributed by atoms with Crippen LogP contribution in [0.4, 0.5) is 0 Å². The number of carbonyl (C=O) groups is 1. The highest BCUT2D eigenvalue weighted by Crippen LogP contribution is 2.19. The van der Waals surface area contributed by atoms with Crippen LogP contribution in [0.5, 0.6) is 0 Å². The molecule has 0 fully saturated rings. The van der Waals surface area contributed by atoms with Crippen LogP contribution in [-0.4, -0.2) is 44.8 Å². The lowest BCUT2D eigenvalue weighted by Gasteiger charge is -2.22. The third-order valence-electron chi connectivity index (χ3n) is 3.05. The van der Waals surface area contributed by atoms with Crippen molar-refractivity contribution in [1.82, 2.24) is 4.90 Å². The normalized spacial score (nSPS) is 10.4. The molecule has 0 N–H and O–H groups in total. The molecule has 0 radical (unpaired) electrons. The first-order valence-corrected chi connectivity index (χ1v) is 6.95. The van der Waals surface area contributed by atoms with Gasteiger partial charge in [0.05, 0.1) is 31.8 Å². The van der Waals surface area contributed by atoms with Crippen molar-refractivity contribution in [3.05, 3.63) is 34.3 Å². The molecule has 0 aromatic heterocycles. The lowest BCUT2D eigenvalue weighted by Crippen LogP contribution is -2.29. The van der Waals surface area contributed by atoms with Gasteiger partial charge in [-0.1, -0.05) is 17.7 Å². The van der Waals surface area contributed by atoms with Gasteiger partial charge in [0.2, 0.25) is 0 Å². The van der Waals surface area contributed by atoms with Crippen molar-refractivity contribution in [3.63, 3.8) is 0 Å². The van der Waals surface area contributed by atoms with E-state index in [9.17, 15) is 4.79 Å². The maximum atomic E-state index is 11.3. The fraction of sp³-hybridized carbons (Fsp3) is 0.467. The summed E-state index contributed by atoms with van der Waals surface area (Å²) >= 11 is 6.18. The van der Waals surface area contributed by atoms with Gasteiger partial charge in [0.1, 0.15) is 0 Å². The summed E-state index contributed by atoms with van der Waals surface area (Å²) in [5.74, 6) is -0.247. The van der Waals surface area contributed by atoms with Crippen molar-refractivity contribution >= 4 is 17.6 Å². The zero-order chi connectivity index (χ0) is 15.7. The lowest BCUT2D eigenvalue weighted by atomic mass is 10.1. The van der Waals surface area contributed by atoms with Gasteiger partial charge in [-0.25, -0.2) is 0 Å². The number of methoxy groups -OCH3 is 2. The smallest absolute Gasteiger partial charge is 0.306 e. The van der Waals surface area contributed by atoms with Gasteiger partial charge in [-0.15, -0.1) is 0 Å². The first kappa shape index (κ1) is 17.4. The van der Waals surface area contributed by atoms with E-state index in [0.717, 1.165) is 5.56 Å². The Morgan fingerprint density at radius 3 is 2.71 bits per heavy atom. The van der Waals surface area contributed by atoms with Crippen molar-refractivity contribution in [2.45, 2.75) is 13.0 Å². The number of rotatable bonds is 8. The Balaban J connectivity index is 2.71. The highest BCUT2D eigenvalue weighted by atomic mass is 35.5. The molecule has 0 spiro atoms. The number of hydrogen-bond acceptors (Lipinski definition) is 5. The molecular formula is C15H19ClN2O3. The predicted octanol–water partition coefficient (Wildman–Crippen LogP) is 2.22. The van der Waals surface area contributed by atoms with Crippen molar-refractivity contribution in [3.8, 4) is 6.07 Å². The quantitative estimate of drug-likeness (QED) is 0.689. The molecule has 0 aliphatic heterocycles. The molecule has 1 rings (SSSR count). The van der Waals surface area contributed by atoms with Gasteiger partial charge >= 0.3 is 5.97 Å². The number of hydrogen-bond donors (Lipinski definition) is 0. The molecule has 21 heavy (non-hydrogen) atoms. The molecule has 0 atom stereocenters. The molecule has 1 aromatic carbocycles. The summed E-state index contributed by atoms with van der Waals surface area (Å²) in [6, 6.07) is 7.26. The van der Waals surface area contributed by atoms with E-state index in [-0.39, 0.29) is 5.97 Å². The molecule has 0 heterocycles. The molecule has 1 aromatic rings. The van der Waals surface area contributed by atoms with Crippen LogP contribution in [0.2, 0.25) is 5.02 Å². The number of ether oxygens (including phenoxy) is 2. The summed E-state index contributed by atoms with van der Waals surface area (Å²) in [5, 5.41) is 9.39. The number of nitriles is 1. The Hall–Kier alpha value is -1.61. The number of nitrogens with zero attached hydrogens (tertiary/aromatic N) is 2. The van der Waals surface area contributed by atoms with Crippen LogP contribution in [0.3, 0.4) is 0 Å². The third kappa shape index (κ3) is 6.13. The van der Waals surface area contributed by atoms with Crippen LogP contribution in [0, 0.1) is 11.3 Å². The first-order valence-electron chi connectivity index (χ1n) is 6.57. The molecule has 5 nitrogen and oxygen atoms in total. The van der Waals surface area contributed by atoms with Crippen molar-refractivity contribution in [2.24, 2.45) is 0 Å². The van der Waals surface area contributed by atoms with Gasteiger partial charge < -0.3 is 9.47 Å². The van der Waals surface area contributed by atoms with Crippen LogP contribution in [0.25, 0.3) is 0 Å². The van der Waals surface area contributed by atoms with E-state index < -0.39 is 0 Å². The van der Waals surface area contributed by atoms with E-state index in [4.69, 9.17) is 21.6 Å². The Morgan fingerprint density at radius 2 is 2.14 bits per heavy atom. The Bertz CT molecular complexity index is 514. The minimum absolute atomic E-state index is 0.247. The van der Waals surface area contributed by atoms with Crippen molar-refractivity contribution in [2.75, 3.05) is 33.9 Å².